The molecule has 0 aromatic carbocycles. The molecule has 0 radical (unpaired) electrons. The van der Waals surface area contributed by atoms with Crippen LogP contribution in [0.4, 0.5) is 0 Å². The molecule has 4 heteroatoms. The van der Waals surface area contributed by atoms with Crippen molar-refractivity contribution in [1.29, 1.82) is 0 Å². The van der Waals surface area contributed by atoms with Gasteiger partial charge in [0.1, 0.15) is 16.9 Å². The highest BCUT2D eigenvalue weighted by atomic mass is 16.3. The van der Waals surface area contributed by atoms with Gasteiger partial charge in [0.25, 0.3) is 0 Å². The molecule has 0 saturated carbocycles. The second-order valence-corrected chi connectivity index (χ2v) is 8.34. The highest BCUT2D eigenvalue weighted by molar-refractivity contribution is 6.24. The van der Waals surface area contributed by atoms with Gasteiger partial charge in [-0.1, -0.05) is 54.4 Å². The molecule has 4 nitrogen and oxygen atoms in total. The maximum atomic E-state index is 12.8. The van der Waals surface area contributed by atoms with Crippen molar-refractivity contribution in [3.63, 3.8) is 0 Å². The van der Waals surface area contributed by atoms with Crippen LogP contribution in [0.2, 0.25) is 0 Å². The molecule has 0 saturated heterocycles. The summed E-state index contributed by atoms with van der Waals surface area (Å²) in [7, 11) is 0. The summed E-state index contributed by atoms with van der Waals surface area (Å²) in [6.45, 7) is 11.7. The van der Waals surface area contributed by atoms with Crippen LogP contribution in [-0.4, -0.2) is 27.4 Å². The Morgan fingerprint density at radius 2 is 1.62 bits per heavy atom. The van der Waals surface area contributed by atoms with E-state index in [0.29, 0.717) is 31.1 Å². The van der Waals surface area contributed by atoms with E-state index in [0.717, 1.165) is 12.8 Å². The number of carbonyl (C=O) groups excluding carboxylic acids is 2. The van der Waals surface area contributed by atoms with Gasteiger partial charge in [-0.3, -0.25) is 9.59 Å². The molecule has 138 valence electrons. The SMILES string of the molecule is CC(C)CCCC1(O)C(O)=C(C(=O)C(C)C)C(=O)C1CCC(C)C. The first-order chi connectivity index (χ1) is 11.0. The van der Waals surface area contributed by atoms with E-state index in [1.807, 2.05) is 0 Å². The number of Topliss-reactive ketones (excluding diaryl/α,β-unsaturated/α-hetero) is 2. The highest BCUT2D eigenvalue weighted by Gasteiger charge is 2.54. The summed E-state index contributed by atoms with van der Waals surface area (Å²) in [5, 5.41) is 21.7. The predicted molar refractivity (Wildman–Crippen MR) is 95.7 cm³/mol. The fourth-order valence-electron chi connectivity index (χ4n) is 3.36. The molecular formula is C20H34O4. The minimum absolute atomic E-state index is 0.161. The molecule has 0 aliphatic heterocycles. The lowest BCUT2D eigenvalue weighted by Crippen LogP contribution is -2.39. The number of rotatable bonds is 9. The Balaban J connectivity index is 3.13. The highest BCUT2D eigenvalue weighted by Crippen LogP contribution is 2.44. The quantitative estimate of drug-likeness (QED) is 0.617. The van der Waals surface area contributed by atoms with E-state index in [1.54, 1.807) is 13.8 Å². The van der Waals surface area contributed by atoms with Crippen molar-refractivity contribution < 1.29 is 19.8 Å². The van der Waals surface area contributed by atoms with E-state index in [2.05, 4.69) is 27.7 Å². The van der Waals surface area contributed by atoms with E-state index >= 15 is 0 Å². The fourth-order valence-corrected chi connectivity index (χ4v) is 3.36. The number of hydrogen-bond donors (Lipinski definition) is 2. The molecule has 0 aromatic heterocycles. The summed E-state index contributed by atoms with van der Waals surface area (Å²) in [6.07, 6.45) is 3.22. The Hall–Kier alpha value is -1.16. The molecule has 24 heavy (non-hydrogen) atoms. The third-order valence-corrected chi connectivity index (χ3v) is 4.93. The molecule has 2 N–H and O–H groups in total. The second kappa shape index (κ2) is 8.28. The van der Waals surface area contributed by atoms with E-state index in [9.17, 15) is 19.8 Å². The zero-order valence-electron chi connectivity index (χ0n) is 16.1. The Morgan fingerprint density at radius 3 is 2.08 bits per heavy atom. The van der Waals surface area contributed by atoms with Crippen LogP contribution in [0.1, 0.15) is 73.6 Å². The third-order valence-electron chi connectivity index (χ3n) is 4.93. The first-order valence-electron chi connectivity index (χ1n) is 9.26. The number of aliphatic hydroxyl groups is 2. The topological polar surface area (TPSA) is 74.6 Å². The van der Waals surface area contributed by atoms with Crippen LogP contribution < -0.4 is 0 Å². The molecule has 1 rings (SSSR count). The van der Waals surface area contributed by atoms with Gasteiger partial charge in [-0.25, -0.2) is 0 Å². The largest absolute Gasteiger partial charge is 0.508 e. The molecule has 0 spiro atoms. The van der Waals surface area contributed by atoms with Crippen molar-refractivity contribution >= 4 is 11.6 Å². The average Bonchev–Trinajstić information content (AvgIpc) is 2.63. The summed E-state index contributed by atoms with van der Waals surface area (Å²) >= 11 is 0. The summed E-state index contributed by atoms with van der Waals surface area (Å²) in [6, 6.07) is 0. The van der Waals surface area contributed by atoms with Crippen LogP contribution in [0.3, 0.4) is 0 Å². The monoisotopic (exact) mass is 338 g/mol. The maximum absolute atomic E-state index is 12.8. The Kier molecular flexibility index (Phi) is 7.21. The van der Waals surface area contributed by atoms with Gasteiger partial charge in [0.05, 0.1) is 5.92 Å². The van der Waals surface area contributed by atoms with Gasteiger partial charge in [-0.2, -0.15) is 0 Å². The molecule has 2 unspecified atom stereocenters. The molecule has 0 bridgehead atoms. The zero-order valence-corrected chi connectivity index (χ0v) is 16.1. The van der Waals surface area contributed by atoms with Crippen molar-refractivity contribution in [2.45, 2.75) is 79.2 Å². The van der Waals surface area contributed by atoms with Crippen molar-refractivity contribution in [3.05, 3.63) is 11.3 Å². The normalized spacial score (nSPS) is 24.8. The van der Waals surface area contributed by atoms with E-state index in [4.69, 9.17) is 0 Å². The number of carbonyl (C=O) groups is 2. The van der Waals surface area contributed by atoms with Gasteiger partial charge in [0, 0.05) is 5.92 Å². The molecular weight excluding hydrogens is 304 g/mol. The zero-order chi connectivity index (χ0) is 18.7. The van der Waals surface area contributed by atoms with Crippen molar-refractivity contribution in [2.24, 2.45) is 23.7 Å². The van der Waals surface area contributed by atoms with Crippen molar-refractivity contribution in [2.75, 3.05) is 0 Å². The number of allylic oxidation sites excluding steroid dienone is 1. The molecule has 1 aliphatic rings. The van der Waals surface area contributed by atoms with Crippen LogP contribution in [0.15, 0.2) is 11.3 Å². The van der Waals surface area contributed by atoms with Crippen LogP contribution >= 0.6 is 0 Å². The summed E-state index contributed by atoms with van der Waals surface area (Å²) in [4.78, 5) is 25.2. The molecule has 0 heterocycles. The number of aliphatic hydroxyl groups excluding tert-OH is 1. The summed E-state index contributed by atoms with van der Waals surface area (Å²) < 4.78 is 0. The van der Waals surface area contributed by atoms with Gasteiger partial charge in [0.2, 0.25) is 0 Å². The molecule has 1 aliphatic carbocycles. The van der Waals surface area contributed by atoms with E-state index in [-0.39, 0.29) is 28.8 Å². The van der Waals surface area contributed by atoms with Gasteiger partial charge in [-0.15, -0.1) is 0 Å². The first kappa shape index (κ1) is 20.9. The first-order valence-corrected chi connectivity index (χ1v) is 9.26. The predicted octanol–water partition coefficient (Wildman–Crippen LogP) is 4.22. The Morgan fingerprint density at radius 1 is 1.08 bits per heavy atom. The lowest BCUT2D eigenvalue weighted by Gasteiger charge is -2.30. The number of hydrogen-bond acceptors (Lipinski definition) is 4. The Bertz CT molecular complexity index is 502. The van der Waals surface area contributed by atoms with Crippen LogP contribution in [0.5, 0.6) is 0 Å². The molecule has 0 fully saturated rings. The average molecular weight is 338 g/mol. The van der Waals surface area contributed by atoms with Crippen molar-refractivity contribution in [1.82, 2.24) is 0 Å². The molecule has 0 amide bonds. The smallest absolute Gasteiger partial charge is 0.176 e. The standard InChI is InChI=1S/C20H34O4/c1-12(2)8-7-11-20(24)15(10-9-13(3)4)18(22)16(19(20)23)17(21)14(5)6/h12-15,23-24H,7-11H2,1-6H3. The number of ketones is 2. The van der Waals surface area contributed by atoms with Crippen molar-refractivity contribution in [3.8, 4) is 0 Å². The van der Waals surface area contributed by atoms with Gasteiger partial charge >= 0.3 is 0 Å². The van der Waals surface area contributed by atoms with E-state index < -0.39 is 11.5 Å². The van der Waals surface area contributed by atoms with Gasteiger partial charge < -0.3 is 10.2 Å². The van der Waals surface area contributed by atoms with E-state index in [1.165, 1.54) is 0 Å². The molecule has 0 aromatic rings. The lowest BCUT2D eigenvalue weighted by atomic mass is 9.80. The van der Waals surface area contributed by atoms with Crippen LogP contribution in [0, 0.1) is 23.7 Å². The third kappa shape index (κ3) is 4.47. The molecule has 2 atom stereocenters. The van der Waals surface area contributed by atoms with Gasteiger partial charge in [-0.05, 0) is 31.1 Å². The fraction of sp³-hybridized carbons (Fsp3) is 0.800. The second-order valence-electron chi connectivity index (χ2n) is 8.34. The minimum atomic E-state index is -1.58. The summed E-state index contributed by atoms with van der Waals surface area (Å²) in [5.41, 5.74) is -1.74. The van der Waals surface area contributed by atoms with Gasteiger partial charge in [0.15, 0.2) is 11.6 Å². The lowest BCUT2D eigenvalue weighted by molar-refractivity contribution is -0.127. The summed E-state index contributed by atoms with van der Waals surface area (Å²) in [5.74, 6) is -1.33. The Labute approximate surface area is 146 Å². The maximum Gasteiger partial charge on any atom is 0.176 e. The minimum Gasteiger partial charge on any atom is -0.508 e. The van der Waals surface area contributed by atoms with Crippen LogP contribution in [0.25, 0.3) is 0 Å². The van der Waals surface area contributed by atoms with Crippen LogP contribution in [-0.2, 0) is 9.59 Å².